The topological polar surface area (TPSA) is 132 Å². The fourth-order valence-corrected chi connectivity index (χ4v) is 2.39. The van der Waals surface area contributed by atoms with Gasteiger partial charge in [0.05, 0.1) is 29.0 Å². The summed E-state index contributed by atoms with van der Waals surface area (Å²) in [7, 11) is 1.34. The lowest BCUT2D eigenvalue weighted by atomic mass is 10.2. The van der Waals surface area contributed by atoms with Crippen molar-refractivity contribution in [3.05, 3.63) is 57.9 Å². The monoisotopic (exact) mass is 355 g/mol. The van der Waals surface area contributed by atoms with E-state index < -0.39 is 10.9 Å². The number of fused-ring (bicyclic) bond motifs is 1. The number of imidazole rings is 1. The Morgan fingerprint density at radius 2 is 2.08 bits per heavy atom. The second-order valence-corrected chi connectivity index (χ2v) is 5.28. The molecule has 0 radical (unpaired) electrons. The van der Waals surface area contributed by atoms with Gasteiger partial charge in [0.1, 0.15) is 5.65 Å². The molecule has 1 N–H and O–H groups in total. The second kappa shape index (κ2) is 6.59. The molecule has 10 heteroatoms. The number of carbonyl (C=O) groups is 1. The minimum atomic E-state index is -1.05. The number of hydrogen-bond acceptors (Lipinski definition) is 7. The quantitative estimate of drug-likeness (QED) is 0.422. The van der Waals surface area contributed by atoms with Gasteiger partial charge in [0.25, 0.3) is 0 Å². The number of nitrogens with zero attached hydrogens (tertiary/aromatic N) is 5. The van der Waals surface area contributed by atoms with E-state index in [0.29, 0.717) is 17.2 Å². The van der Waals surface area contributed by atoms with Gasteiger partial charge in [-0.2, -0.15) is 0 Å². The van der Waals surface area contributed by atoms with Crippen LogP contribution in [0.25, 0.3) is 5.65 Å². The largest absolute Gasteiger partial charge is 0.490 e. The van der Waals surface area contributed by atoms with Gasteiger partial charge in [-0.25, -0.2) is 9.78 Å². The van der Waals surface area contributed by atoms with E-state index >= 15 is 0 Å². The molecule has 0 bridgehead atoms. The normalized spacial score (nSPS) is 11.2. The first kappa shape index (κ1) is 17.0. The van der Waals surface area contributed by atoms with Crippen LogP contribution in [0, 0.1) is 17.0 Å². The van der Waals surface area contributed by atoms with Crippen LogP contribution in [-0.4, -0.2) is 32.5 Å². The Morgan fingerprint density at radius 3 is 2.73 bits per heavy atom. The van der Waals surface area contributed by atoms with Crippen molar-refractivity contribution in [1.82, 2.24) is 9.38 Å². The third-order valence-corrected chi connectivity index (χ3v) is 3.63. The molecule has 0 amide bonds. The molecule has 0 aliphatic carbocycles. The number of carboxylic acids is 1. The SMILES string of the molecule is COc1ccc(N=Nc2c(C)nc3cc(C(=O)O)ccn23)cc1[N+](=O)[O-]. The summed E-state index contributed by atoms with van der Waals surface area (Å²) in [5.41, 5.74) is 1.12. The van der Waals surface area contributed by atoms with Crippen molar-refractivity contribution in [2.45, 2.75) is 6.92 Å². The Morgan fingerprint density at radius 1 is 1.31 bits per heavy atom. The number of aromatic nitrogens is 2. The highest BCUT2D eigenvalue weighted by Crippen LogP contribution is 2.32. The summed E-state index contributed by atoms with van der Waals surface area (Å²) in [6.07, 6.45) is 1.53. The van der Waals surface area contributed by atoms with Gasteiger partial charge in [0, 0.05) is 12.3 Å². The maximum absolute atomic E-state index is 11.1. The van der Waals surface area contributed by atoms with Gasteiger partial charge in [0.2, 0.25) is 0 Å². The number of ether oxygens (including phenoxy) is 1. The number of methoxy groups -OCH3 is 1. The third kappa shape index (κ3) is 3.07. The lowest BCUT2D eigenvalue weighted by Gasteiger charge is -2.01. The van der Waals surface area contributed by atoms with Crippen molar-refractivity contribution < 1.29 is 19.6 Å². The van der Waals surface area contributed by atoms with E-state index in [1.807, 2.05) is 0 Å². The number of nitro benzene ring substituents is 1. The Labute approximate surface area is 146 Å². The number of carboxylic acid groups (broad SMARTS) is 1. The Bertz CT molecular complexity index is 1060. The van der Waals surface area contributed by atoms with Crippen LogP contribution in [0.3, 0.4) is 0 Å². The molecular weight excluding hydrogens is 342 g/mol. The zero-order valence-corrected chi connectivity index (χ0v) is 13.8. The van der Waals surface area contributed by atoms with Gasteiger partial charge in [-0.3, -0.25) is 14.5 Å². The first-order chi connectivity index (χ1) is 12.4. The van der Waals surface area contributed by atoms with E-state index in [-0.39, 0.29) is 22.7 Å². The fraction of sp³-hybridized carbons (Fsp3) is 0.125. The molecule has 1 aromatic carbocycles. The van der Waals surface area contributed by atoms with E-state index in [4.69, 9.17) is 9.84 Å². The van der Waals surface area contributed by atoms with Crippen LogP contribution in [0.15, 0.2) is 46.8 Å². The number of azo groups is 1. The Hall–Kier alpha value is -3.82. The van der Waals surface area contributed by atoms with Crippen molar-refractivity contribution >= 4 is 28.8 Å². The zero-order valence-electron chi connectivity index (χ0n) is 13.8. The average Bonchev–Trinajstić information content (AvgIpc) is 2.93. The molecular formula is C16H13N5O5. The van der Waals surface area contributed by atoms with Crippen LogP contribution < -0.4 is 4.74 Å². The molecule has 0 atom stereocenters. The van der Waals surface area contributed by atoms with E-state index in [0.717, 1.165) is 0 Å². The first-order valence-electron chi connectivity index (χ1n) is 7.37. The Balaban J connectivity index is 2.01. The lowest BCUT2D eigenvalue weighted by molar-refractivity contribution is -0.385. The molecule has 0 fully saturated rings. The highest BCUT2D eigenvalue weighted by Gasteiger charge is 2.15. The van der Waals surface area contributed by atoms with Gasteiger partial charge in [-0.1, -0.05) is 0 Å². The molecule has 0 spiro atoms. The highest BCUT2D eigenvalue weighted by atomic mass is 16.6. The van der Waals surface area contributed by atoms with Crippen molar-refractivity contribution in [2.24, 2.45) is 10.2 Å². The molecule has 0 saturated carbocycles. The summed E-state index contributed by atoms with van der Waals surface area (Å²) in [6.45, 7) is 1.71. The number of aromatic carboxylic acids is 1. The highest BCUT2D eigenvalue weighted by molar-refractivity contribution is 5.88. The smallest absolute Gasteiger partial charge is 0.335 e. The molecule has 3 aromatic rings. The second-order valence-electron chi connectivity index (χ2n) is 5.28. The predicted molar refractivity (Wildman–Crippen MR) is 90.7 cm³/mol. The Kier molecular flexibility index (Phi) is 4.31. The van der Waals surface area contributed by atoms with Crippen molar-refractivity contribution in [2.75, 3.05) is 7.11 Å². The van der Waals surface area contributed by atoms with E-state index in [1.165, 1.54) is 43.6 Å². The van der Waals surface area contributed by atoms with Gasteiger partial charge >= 0.3 is 11.7 Å². The predicted octanol–water partition coefficient (Wildman–Crippen LogP) is 3.67. The minimum absolute atomic E-state index is 0.108. The number of rotatable bonds is 5. The third-order valence-electron chi connectivity index (χ3n) is 3.63. The maximum atomic E-state index is 11.1. The maximum Gasteiger partial charge on any atom is 0.335 e. The number of nitro groups is 1. The van der Waals surface area contributed by atoms with Crippen LogP contribution in [0.2, 0.25) is 0 Å². The standard InChI is InChI=1S/C16H13N5O5/c1-9-15(20-6-5-10(16(22)23)7-14(20)17-9)19-18-11-3-4-13(26-2)12(8-11)21(24)25/h3-8H,1-2H3,(H,22,23). The fourth-order valence-electron chi connectivity index (χ4n) is 2.39. The van der Waals surface area contributed by atoms with Crippen LogP contribution in [0.5, 0.6) is 5.75 Å². The molecule has 2 aromatic heterocycles. The number of benzene rings is 1. The molecule has 2 heterocycles. The van der Waals surface area contributed by atoms with Crippen molar-refractivity contribution in [1.29, 1.82) is 0 Å². The van der Waals surface area contributed by atoms with Gasteiger partial charge in [-0.05, 0) is 31.2 Å². The summed E-state index contributed by atoms with van der Waals surface area (Å²) in [5, 5.41) is 28.2. The summed E-state index contributed by atoms with van der Waals surface area (Å²) >= 11 is 0. The molecule has 3 rings (SSSR count). The molecule has 10 nitrogen and oxygen atoms in total. The molecule has 0 saturated heterocycles. The summed E-state index contributed by atoms with van der Waals surface area (Å²) in [4.78, 5) is 25.8. The lowest BCUT2D eigenvalue weighted by Crippen LogP contribution is -1.97. The summed E-state index contributed by atoms with van der Waals surface area (Å²) < 4.78 is 6.53. The van der Waals surface area contributed by atoms with Crippen LogP contribution >= 0.6 is 0 Å². The van der Waals surface area contributed by atoms with E-state index in [1.54, 1.807) is 11.3 Å². The summed E-state index contributed by atoms with van der Waals surface area (Å²) in [5.74, 6) is -0.529. The molecule has 132 valence electrons. The molecule has 0 aliphatic heterocycles. The summed E-state index contributed by atoms with van der Waals surface area (Å²) in [6, 6.07) is 7.08. The molecule has 0 unspecified atom stereocenters. The van der Waals surface area contributed by atoms with Gasteiger partial charge in [0.15, 0.2) is 11.6 Å². The van der Waals surface area contributed by atoms with Crippen molar-refractivity contribution in [3.63, 3.8) is 0 Å². The number of aryl methyl sites for hydroxylation is 1. The van der Waals surface area contributed by atoms with Crippen LogP contribution in [0.1, 0.15) is 16.1 Å². The number of hydrogen-bond donors (Lipinski definition) is 1. The number of pyridine rings is 1. The van der Waals surface area contributed by atoms with E-state index in [9.17, 15) is 14.9 Å². The van der Waals surface area contributed by atoms with Crippen molar-refractivity contribution in [3.8, 4) is 5.75 Å². The van der Waals surface area contributed by atoms with Gasteiger partial charge < -0.3 is 9.84 Å². The van der Waals surface area contributed by atoms with E-state index in [2.05, 4.69) is 15.2 Å². The van der Waals surface area contributed by atoms with Crippen LogP contribution in [-0.2, 0) is 0 Å². The van der Waals surface area contributed by atoms with Crippen LogP contribution in [0.4, 0.5) is 17.2 Å². The molecule has 26 heavy (non-hydrogen) atoms. The molecule has 0 aliphatic rings. The first-order valence-corrected chi connectivity index (χ1v) is 7.37. The zero-order chi connectivity index (χ0) is 18.8. The average molecular weight is 355 g/mol. The van der Waals surface area contributed by atoms with Gasteiger partial charge in [-0.15, -0.1) is 10.2 Å². The minimum Gasteiger partial charge on any atom is -0.490 e.